The summed E-state index contributed by atoms with van der Waals surface area (Å²) in [6, 6.07) is 0. The second-order valence-corrected chi connectivity index (χ2v) is 1.14. The number of hydrogen-bond acceptors (Lipinski definition) is 0. The van der Waals surface area contributed by atoms with Crippen molar-refractivity contribution in [3.05, 3.63) is 6.92 Å². The number of halogens is 1. The van der Waals surface area contributed by atoms with Gasteiger partial charge in [-0.25, -0.2) is 0 Å². The van der Waals surface area contributed by atoms with Crippen molar-refractivity contribution in [3.8, 4) is 11.8 Å². The summed E-state index contributed by atoms with van der Waals surface area (Å²) < 4.78 is 0. The van der Waals surface area contributed by atoms with Gasteiger partial charge in [-0.15, -0.1) is 17.5 Å². The molecule has 32 valence electrons. The van der Waals surface area contributed by atoms with Gasteiger partial charge in [-0.1, -0.05) is 5.92 Å². The third kappa shape index (κ3) is 3.85. The van der Waals surface area contributed by atoms with Crippen LogP contribution in [0.5, 0.6) is 0 Å². The maximum Gasteiger partial charge on any atom is 0.0503 e. The molecule has 1 heteroatoms. The van der Waals surface area contributed by atoms with E-state index < -0.39 is 0 Å². The Morgan fingerprint density at radius 2 is 2.33 bits per heavy atom. The first-order valence-corrected chi connectivity index (χ1v) is 2.19. The van der Waals surface area contributed by atoms with E-state index in [0.29, 0.717) is 12.3 Å². The van der Waals surface area contributed by atoms with Crippen LogP contribution in [0.1, 0.15) is 6.42 Å². The van der Waals surface area contributed by atoms with Gasteiger partial charge in [0.2, 0.25) is 0 Å². The highest BCUT2D eigenvalue weighted by Gasteiger charge is 1.66. The molecule has 0 aliphatic carbocycles. The van der Waals surface area contributed by atoms with Crippen LogP contribution in [0.25, 0.3) is 0 Å². The summed E-state index contributed by atoms with van der Waals surface area (Å²) in [7, 11) is 0. The molecular formula is C5H5Cl. The number of alkyl halides is 1. The van der Waals surface area contributed by atoms with Crippen LogP contribution in [0.2, 0.25) is 0 Å². The zero-order chi connectivity index (χ0) is 4.83. The van der Waals surface area contributed by atoms with Crippen LogP contribution in [-0.2, 0) is 0 Å². The Balaban J connectivity index is 2.79. The van der Waals surface area contributed by atoms with Crippen LogP contribution in [0.4, 0.5) is 0 Å². The molecular weight excluding hydrogens is 95.5 g/mol. The summed E-state index contributed by atoms with van der Waals surface area (Å²) in [5.41, 5.74) is 0. The molecule has 0 amide bonds. The van der Waals surface area contributed by atoms with Crippen molar-refractivity contribution < 1.29 is 0 Å². The molecule has 0 bridgehead atoms. The van der Waals surface area contributed by atoms with Crippen LogP contribution in [-0.4, -0.2) is 5.88 Å². The molecule has 0 N–H and O–H groups in total. The van der Waals surface area contributed by atoms with Crippen LogP contribution < -0.4 is 0 Å². The van der Waals surface area contributed by atoms with E-state index in [1.54, 1.807) is 0 Å². The maximum atomic E-state index is 5.22. The van der Waals surface area contributed by atoms with Gasteiger partial charge < -0.3 is 0 Å². The Bertz CT molecular complexity index is 65.7. The quantitative estimate of drug-likeness (QED) is 0.345. The normalized spacial score (nSPS) is 6.33. The fourth-order valence-corrected chi connectivity index (χ4v) is 0.214. The number of rotatable bonds is 1. The van der Waals surface area contributed by atoms with Gasteiger partial charge >= 0.3 is 0 Å². The topological polar surface area (TPSA) is 0 Å². The largest absolute Gasteiger partial charge is 0.126 e. The van der Waals surface area contributed by atoms with Crippen molar-refractivity contribution in [3.63, 3.8) is 0 Å². The van der Waals surface area contributed by atoms with E-state index >= 15 is 0 Å². The molecule has 0 fully saturated rings. The van der Waals surface area contributed by atoms with Gasteiger partial charge in [-0.3, -0.25) is 0 Å². The highest BCUT2D eigenvalue weighted by molar-refractivity contribution is 6.17. The van der Waals surface area contributed by atoms with Gasteiger partial charge in [0.05, 0.1) is 6.92 Å². The maximum absolute atomic E-state index is 5.22. The molecule has 0 saturated heterocycles. The van der Waals surface area contributed by atoms with Crippen LogP contribution in [0.15, 0.2) is 0 Å². The Morgan fingerprint density at radius 3 is 2.50 bits per heavy atom. The fourth-order valence-electron chi connectivity index (χ4n) is 0.119. The molecule has 2 radical (unpaired) electrons. The average Bonchev–Trinajstić information content (AvgIpc) is 1.61. The van der Waals surface area contributed by atoms with Gasteiger partial charge in [0.15, 0.2) is 0 Å². The lowest BCUT2D eigenvalue weighted by atomic mass is 10.5. The Morgan fingerprint density at radius 1 is 1.67 bits per heavy atom. The average molecular weight is 101 g/mol. The second kappa shape index (κ2) is 4.85. The van der Waals surface area contributed by atoms with Gasteiger partial charge in [-0.05, 0) is 0 Å². The SMILES string of the molecule is [CH]C#CCCCl. The summed E-state index contributed by atoms with van der Waals surface area (Å²) in [5.74, 6) is 5.40. The molecule has 0 nitrogen and oxygen atoms in total. The molecule has 6 heavy (non-hydrogen) atoms. The second-order valence-electron chi connectivity index (χ2n) is 0.760. The summed E-state index contributed by atoms with van der Waals surface area (Å²) in [5, 5.41) is 0. The molecule has 0 aliphatic heterocycles. The smallest absolute Gasteiger partial charge is 0.0503 e. The van der Waals surface area contributed by atoms with Crippen molar-refractivity contribution in [1.29, 1.82) is 0 Å². The minimum Gasteiger partial charge on any atom is -0.126 e. The first kappa shape index (κ1) is 5.85. The highest BCUT2D eigenvalue weighted by atomic mass is 35.5. The van der Waals surface area contributed by atoms with Gasteiger partial charge in [0.25, 0.3) is 0 Å². The van der Waals surface area contributed by atoms with E-state index in [9.17, 15) is 0 Å². The monoisotopic (exact) mass is 100 g/mol. The van der Waals surface area contributed by atoms with E-state index in [-0.39, 0.29) is 0 Å². The van der Waals surface area contributed by atoms with Crippen molar-refractivity contribution in [2.75, 3.05) is 5.88 Å². The van der Waals surface area contributed by atoms with E-state index in [0.717, 1.165) is 0 Å². The summed E-state index contributed by atoms with van der Waals surface area (Å²) in [6.07, 6.45) is 0.693. The third-order valence-corrected chi connectivity index (χ3v) is 0.511. The lowest BCUT2D eigenvalue weighted by Gasteiger charge is -1.69. The van der Waals surface area contributed by atoms with Gasteiger partial charge in [0, 0.05) is 12.3 Å². The molecule has 0 aromatic rings. The standard InChI is InChI=1S/C5H5Cl/c1-2-3-4-5-6/h1H,4-5H2. The van der Waals surface area contributed by atoms with Crippen molar-refractivity contribution in [2.24, 2.45) is 0 Å². The van der Waals surface area contributed by atoms with Crippen LogP contribution in [0.3, 0.4) is 0 Å². The van der Waals surface area contributed by atoms with E-state index in [1.165, 1.54) is 0 Å². The van der Waals surface area contributed by atoms with Crippen molar-refractivity contribution >= 4 is 11.6 Å². The van der Waals surface area contributed by atoms with E-state index in [2.05, 4.69) is 11.8 Å². The minimum absolute atomic E-state index is 0.574. The molecule has 0 rings (SSSR count). The lowest BCUT2D eigenvalue weighted by Crippen LogP contribution is -1.63. The van der Waals surface area contributed by atoms with E-state index in [1.807, 2.05) is 0 Å². The summed E-state index contributed by atoms with van der Waals surface area (Å²) in [4.78, 5) is 0. The first-order chi connectivity index (χ1) is 2.91. The summed E-state index contributed by atoms with van der Waals surface area (Å²) in [6.45, 7) is 4.79. The first-order valence-electron chi connectivity index (χ1n) is 1.66. The minimum atomic E-state index is 0.574. The Labute approximate surface area is 43.5 Å². The molecule has 0 aromatic carbocycles. The van der Waals surface area contributed by atoms with Crippen LogP contribution in [0, 0.1) is 18.8 Å². The van der Waals surface area contributed by atoms with Crippen molar-refractivity contribution in [2.45, 2.75) is 6.42 Å². The fraction of sp³-hybridized carbons (Fsp3) is 0.400. The zero-order valence-corrected chi connectivity index (χ0v) is 4.13. The molecule has 0 aliphatic rings. The Kier molecular flexibility index (Phi) is 4.73. The molecule has 0 unspecified atom stereocenters. The number of hydrogen-bond donors (Lipinski definition) is 0. The predicted molar refractivity (Wildman–Crippen MR) is 27.4 cm³/mol. The highest BCUT2D eigenvalue weighted by Crippen LogP contribution is 1.77. The molecule has 0 atom stereocenters. The molecule has 0 aromatic heterocycles. The molecule has 0 spiro atoms. The van der Waals surface area contributed by atoms with Crippen LogP contribution >= 0.6 is 11.6 Å². The zero-order valence-electron chi connectivity index (χ0n) is 3.37. The van der Waals surface area contributed by atoms with Gasteiger partial charge in [-0.2, -0.15) is 0 Å². The van der Waals surface area contributed by atoms with Crippen molar-refractivity contribution in [1.82, 2.24) is 0 Å². The molecule has 0 saturated carbocycles. The predicted octanol–water partition coefficient (Wildman–Crippen LogP) is 1.33. The van der Waals surface area contributed by atoms with Gasteiger partial charge in [0.1, 0.15) is 0 Å². The van der Waals surface area contributed by atoms with E-state index in [4.69, 9.17) is 18.5 Å². The molecule has 0 heterocycles. The lowest BCUT2D eigenvalue weighted by molar-refractivity contribution is 1.29. The Hall–Kier alpha value is -0.150. The third-order valence-electron chi connectivity index (χ3n) is 0.322. The summed E-state index contributed by atoms with van der Waals surface area (Å²) >= 11 is 5.22.